The number of hydrogen-bond acceptors (Lipinski definition) is 6. The minimum Gasteiger partial charge on any atom is -0.486 e. The highest BCUT2D eigenvalue weighted by Crippen LogP contribution is 2.30. The Morgan fingerprint density at radius 2 is 1.96 bits per heavy atom. The highest BCUT2D eigenvalue weighted by atomic mass is 32.2. The second-order valence-corrected chi connectivity index (χ2v) is 7.01. The lowest BCUT2D eigenvalue weighted by atomic mass is 10.2. The van der Waals surface area contributed by atoms with Crippen LogP contribution in [0.2, 0.25) is 0 Å². The first-order valence-corrected chi connectivity index (χ1v) is 9.66. The standard InChI is InChI=1S/C20H17FN2O4S/c21-14-7-5-13(6-8-14)18-10-23-20(27-18)28-12-19(24)22-9-15-11-25-16-3-1-2-4-17(16)26-15/h1-8,10,15H,9,11-12H2,(H,22,24). The molecule has 144 valence electrons. The number of carbonyl (C=O) groups excluding carboxylic acids is 1. The van der Waals surface area contributed by atoms with Crippen molar-refractivity contribution >= 4 is 17.7 Å². The van der Waals surface area contributed by atoms with Crippen molar-refractivity contribution in [3.63, 3.8) is 0 Å². The number of ether oxygens (including phenoxy) is 2. The van der Waals surface area contributed by atoms with Crippen LogP contribution in [0, 0.1) is 5.82 Å². The van der Waals surface area contributed by atoms with Crippen molar-refractivity contribution in [1.29, 1.82) is 0 Å². The minimum atomic E-state index is -0.314. The van der Waals surface area contributed by atoms with Crippen molar-refractivity contribution in [3.8, 4) is 22.8 Å². The quantitative estimate of drug-likeness (QED) is 0.638. The number of aromatic nitrogens is 1. The molecule has 0 aliphatic carbocycles. The van der Waals surface area contributed by atoms with Gasteiger partial charge in [-0.2, -0.15) is 0 Å². The van der Waals surface area contributed by atoms with E-state index in [4.69, 9.17) is 13.9 Å². The lowest BCUT2D eigenvalue weighted by molar-refractivity contribution is -0.119. The van der Waals surface area contributed by atoms with Gasteiger partial charge in [0.15, 0.2) is 17.3 Å². The second kappa shape index (κ2) is 8.35. The van der Waals surface area contributed by atoms with Crippen molar-refractivity contribution in [1.82, 2.24) is 10.3 Å². The molecule has 0 bridgehead atoms. The lowest BCUT2D eigenvalue weighted by Crippen LogP contribution is -2.41. The van der Waals surface area contributed by atoms with E-state index >= 15 is 0 Å². The number of amides is 1. The highest BCUT2D eigenvalue weighted by Gasteiger charge is 2.21. The van der Waals surface area contributed by atoms with Crippen LogP contribution in [-0.4, -0.2) is 35.9 Å². The van der Waals surface area contributed by atoms with Crippen molar-refractivity contribution < 1.29 is 23.1 Å². The van der Waals surface area contributed by atoms with E-state index in [1.54, 1.807) is 18.3 Å². The monoisotopic (exact) mass is 400 g/mol. The van der Waals surface area contributed by atoms with Crippen LogP contribution in [0.25, 0.3) is 11.3 Å². The van der Waals surface area contributed by atoms with Crippen LogP contribution in [-0.2, 0) is 4.79 Å². The molecule has 1 aliphatic rings. The molecule has 2 aromatic carbocycles. The summed E-state index contributed by atoms with van der Waals surface area (Å²) >= 11 is 1.19. The molecule has 0 radical (unpaired) electrons. The number of hydrogen-bond donors (Lipinski definition) is 1. The molecule has 0 spiro atoms. The van der Waals surface area contributed by atoms with Crippen LogP contribution < -0.4 is 14.8 Å². The number of carbonyl (C=O) groups is 1. The van der Waals surface area contributed by atoms with Crippen molar-refractivity contribution in [2.75, 3.05) is 18.9 Å². The molecule has 1 aliphatic heterocycles. The van der Waals surface area contributed by atoms with E-state index in [1.165, 1.54) is 23.9 Å². The fraction of sp³-hybridized carbons (Fsp3) is 0.200. The predicted octanol–water partition coefficient (Wildman–Crippen LogP) is 3.53. The highest BCUT2D eigenvalue weighted by molar-refractivity contribution is 7.99. The summed E-state index contributed by atoms with van der Waals surface area (Å²) in [6.45, 7) is 0.728. The van der Waals surface area contributed by atoms with E-state index in [2.05, 4.69) is 10.3 Å². The largest absolute Gasteiger partial charge is 0.486 e. The summed E-state index contributed by atoms with van der Waals surface area (Å²) in [6.07, 6.45) is 1.31. The summed E-state index contributed by atoms with van der Waals surface area (Å²) < 4.78 is 30.0. The maximum Gasteiger partial charge on any atom is 0.256 e. The Bertz CT molecular complexity index is 961. The summed E-state index contributed by atoms with van der Waals surface area (Å²) in [5.74, 6) is 1.60. The van der Waals surface area contributed by atoms with Gasteiger partial charge in [0.05, 0.1) is 18.5 Å². The average molecular weight is 400 g/mol. The third kappa shape index (κ3) is 4.45. The number of benzene rings is 2. The molecule has 8 heteroatoms. The number of para-hydroxylation sites is 2. The van der Waals surface area contributed by atoms with Crippen molar-refractivity contribution in [2.45, 2.75) is 11.3 Å². The molecule has 1 atom stereocenters. The van der Waals surface area contributed by atoms with Gasteiger partial charge in [-0.1, -0.05) is 23.9 Å². The molecule has 28 heavy (non-hydrogen) atoms. The zero-order valence-corrected chi connectivity index (χ0v) is 15.6. The van der Waals surface area contributed by atoms with Gasteiger partial charge < -0.3 is 19.2 Å². The lowest BCUT2D eigenvalue weighted by Gasteiger charge is -2.26. The van der Waals surface area contributed by atoms with Gasteiger partial charge >= 0.3 is 0 Å². The Labute approximate surface area is 165 Å². The maximum atomic E-state index is 13.0. The summed E-state index contributed by atoms with van der Waals surface area (Å²) in [5, 5.41) is 3.20. The fourth-order valence-electron chi connectivity index (χ4n) is 2.64. The Morgan fingerprint density at radius 3 is 2.79 bits per heavy atom. The van der Waals surface area contributed by atoms with Crippen LogP contribution in [0.4, 0.5) is 4.39 Å². The van der Waals surface area contributed by atoms with E-state index in [0.717, 1.165) is 5.56 Å². The number of oxazole rings is 1. The molecule has 0 fully saturated rings. The number of nitrogens with zero attached hydrogens (tertiary/aromatic N) is 1. The number of rotatable bonds is 6. The number of thioether (sulfide) groups is 1. The van der Waals surface area contributed by atoms with Gasteiger partial charge in [0, 0.05) is 5.56 Å². The first-order chi connectivity index (χ1) is 13.7. The van der Waals surface area contributed by atoms with Gasteiger partial charge in [-0.15, -0.1) is 0 Å². The Kier molecular flexibility index (Phi) is 5.48. The molecule has 0 saturated carbocycles. The zero-order chi connectivity index (χ0) is 19.3. The SMILES string of the molecule is O=C(CSc1ncc(-c2ccc(F)cc2)o1)NCC1COc2ccccc2O1. The third-order valence-electron chi connectivity index (χ3n) is 4.03. The Balaban J connectivity index is 1.24. The molecule has 1 N–H and O–H groups in total. The first-order valence-electron chi connectivity index (χ1n) is 8.67. The minimum absolute atomic E-state index is 0.158. The van der Waals surface area contributed by atoms with Crippen LogP contribution >= 0.6 is 11.8 Å². The summed E-state index contributed by atoms with van der Waals surface area (Å²) in [4.78, 5) is 16.2. The average Bonchev–Trinajstić information content (AvgIpc) is 3.20. The molecule has 2 heterocycles. The van der Waals surface area contributed by atoms with Crippen LogP contribution in [0.15, 0.2) is 64.4 Å². The molecular weight excluding hydrogens is 383 g/mol. The van der Waals surface area contributed by atoms with Crippen molar-refractivity contribution in [3.05, 3.63) is 60.5 Å². The molecule has 1 aromatic heterocycles. The van der Waals surface area contributed by atoms with Gasteiger partial charge in [-0.25, -0.2) is 9.37 Å². The zero-order valence-electron chi connectivity index (χ0n) is 14.8. The molecule has 1 amide bonds. The van der Waals surface area contributed by atoms with E-state index in [9.17, 15) is 9.18 Å². The number of fused-ring (bicyclic) bond motifs is 1. The molecule has 1 unspecified atom stereocenters. The summed E-state index contributed by atoms with van der Waals surface area (Å²) in [5.41, 5.74) is 0.722. The normalized spacial score (nSPS) is 15.2. The topological polar surface area (TPSA) is 73.6 Å². The number of nitrogens with one attached hydrogen (secondary N) is 1. The molecule has 0 saturated heterocycles. The van der Waals surface area contributed by atoms with E-state index in [1.807, 2.05) is 24.3 Å². The smallest absolute Gasteiger partial charge is 0.256 e. The van der Waals surface area contributed by atoms with E-state index in [-0.39, 0.29) is 23.6 Å². The number of halogens is 1. The predicted molar refractivity (Wildman–Crippen MR) is 102 cm³/mol. The molecule has 3 aromatic rings. The van der Waals surface area contributed by atoms with Crippen LogP contribution in [0.3, 0.4) is 0 Å². The summed E-state index contributed by atoms with van der Waals surface area (Å²) in [7, 11) is 0. The van der Waals surface area contributed by atoms with Crippen LogP contribution in [0.5, 0.6) is 11.5 Å². The molecule has 4 rings (SSSR count). The van der Waals surface area contributed by atoms with E-state index in [0.29, 0.717) is 35.6 Å². The summed E-state index contributed by atoms with van der Waals surface area (Å²) in [6, 6.07) is 13.4. The van der Waals surface area contributed by atoms with Gasteiger partial charge in [-0.05, 0) is 36.4 Å². The van der Waals surface area contributed by atoms with Gasteiger partial charge in [0.25, 0.3) is 5.22 Å². The van der Waals surface area contributed by atoms with Gasteiger partial charge in [0.2, 0.25) is 5.91 Å². The third-order valence-corrected chi connectivity index (χ3v) is 4.88. The fourth-order valence-corrected chi connectivity index (χ4v) is 3.27. The van der Waals surface area contributed by atoms with Crippen LogP contribution in [0.1, 0.15) is 0 Å². The Hall–Kier alpha value is -3.00. The second-order valence-electron chi connectivity index (χ2n) is 6.09. The Morgan fingerprint density at radius 1 is 1.18 bits per heavy atom. The van der Waals surface area contributed by atoms with Crippen molar-refractivity contribution in [2.24, 2.45) is 0 Å². The molecule has 6 nitrogen and oxygen atoms in total. The molecular formula is C20H17FN2O4S. The van der Waals surface area contributed by atoms with E-state index < -0.39 is 0 Å². The van der Waals surface area contributed by atoms with Gasteiger partial charge in [0.1, 0.15) is 18.5 Å². The van der Waals surface area contributed by atoms with Gasteiger partial charge in [-0.3, -0.25) is 4.79 Å². The first kappa shape index (κ1) is 18.4. The maximum absolute atomic E-state index is 13.0.